The van der Waals surface area contributed by atoms with Crippen LogP contribution in [0.15, 0.2) is 59.2 Å². The molecule has 0 aliphatic rings. The van der Waals surface area contributed by atoms with E-state index in [9.17, 15) is 0 Å². The molecule has 0 aliphatic heterocycles. The molecule has 0 unspecified atom stereocenters. The third-order valence-corrected chi connectivity index (χ3v) is 1.42. The number of hydrogen-bond acceptors (Lipinski definition) is 2. The van der Waals surface area contributed by atoms with Crippen LogP contribution in [0.25, 0.3) is 0 Å². The summed E-state index contributed by atoms with van der Waals surface area (Å²) in [6.07, 6.45) is 10.6. The summed E-state index contributed by atoms with van der Waals surface area (Å²) in [5.41, 5.74) is 1.74. The average Bonchev–Trinajstić information content (AvgIpc) is 2.17. The fourth-order valence-electron chi connectivity index (χ4n) is 0.931. The molecule has 0 aliphatic carbocycles. The molecule has 14 heavy (non-hydrogen) atoms. The van der Waals surface area contributed by atoms with E-state index in [4.69, 9.17) is 0 Å². The second-order valence-electron chi connectivity index (χ2n) is 2.44. The van der Waals surface area contributed by atoms with Gasteiger partial charge in [0.05, 0.1) is 5.71 Å². The molecule has 0 N–H and O–H groups in total. The van der Waals surface area contributed by atoms with Gasteiger partial charge in [0, 0.05) is 25.0 Å². The van der Waals surface area contributed by atoms with Gasteiger partial charge >= 0.3 is 0 Å². The number of aliphatic imine (C=N–C) groups is 2. The molecule has 2 heteroatoms. The third kappa shape index (κ3) is 4.36. The summed E-state index contributed by atoms with van der Waals surface area (Å²) in [5.74, 6) is 0. The molecule has 0 saturated carbocycles. The first-order chi connectivity index (χ1) is 6.79. The maximum Gasteiger partial charge on any atom is 0.0713 e. The van der Waals surface area contributed by atoms with Crippen LogP contribution in [0.4, 0.5) is 0 Å². The Hall–Kier alpha value is -1.70. The molecule has 2 nitrogen and oxygen atoms in total. The van der Waals surface area contributed by atoms with Crippen molar-refractivity contribution in [1.82, 2.24) is 0 Å². The lowest BCUT2D eigenvalue weighted by Crippen LogP contribution is -2.00. The van der Waals surface area contributed by atoms with Crippen LogP contribution in [0.2, 0.25) is 0 Å². The average molecular weight is 188 g/mol. The second-order valence-corrected chi connectivity index (χ2v) is 2.44. The first-order valence-electron chi connectivity index (χ1n) is 4.36. The highest BCUT2D eigenvalue weighted by Crippen LogP contribution is 1.99. The first-order valence-corrected chi connectivity index (χ1v) is 4.36. The molecule has 0 aromatic rings. The van der Waals surface area contributed by atoms with Crippen LogP contribution in [0.3, 0.4) is 0 Å². The van der Waals surface area contributed by atoms with Gasteiger partial charge in [-0.15, -0.1) is 0 Å². The number of hydrogen-bond donors (Lipinski definition) is 0. The molecule has 0 rings (SSSR count). The van der Waals surface area contributed by atoms with Gasteiger partial charge in [0.15, 0.2) is 0 Å². The predicted molar refractivity (Wildman–Crippen MR) is 65.1 cm³/mol. The highest BCUT2D eigenvalue weighted by Gasteiger charge is 1.97. The van der Waals surface area contributed by atoms with E-state index < -0.39 is 0 Å². The molecular weight excluding hydrogens is 172 g/mol. The van der Waals surface area contributed by atoms with Crippen molar-refractivity contribution in [2.75, 3.05) is 7.05 Å². The summed E-state index contributed by atoms with van der Waals surface area (Å²) in [6, 6.07) is 0. The highest BCUT2D eigenvalue weighted by molar-refractivity contribution is 6.21. The summed E-state index contributed by atoms with van der Waals surface area (Å²) in [4.78, 5) is 8.09. The molecule has 0 aromatic carbocycles. The van der Waals surface area contributed by atoms with Gasteiger partial charge < -0.3 is 0 Å². The van der Waals surface area contributed by atoms with Crippen molar-refractivity contribution in [2.45, 2.75) is 6.92 Å². The maximum absolute atomic E-state index is 4.14. The quantitative estimate of drug-likeness (QED) is 0.468. The van der Waals surface area contributed by atoms with Crippen LogP contribution in [0.1, 0.15) is 6.92 Å². The van der Waals surface area contributed by atoms with E-state index in [-0.39, 0.29) is 0 Å². The van der Waals surface area contributed by atoms with E-state index >= 15 is 0 Å². The van der Waals surface area contributed by atoms with Gasteiger partial charge in [-0.25, -0.2) is 0 Å². The van der Waals surface area contributed by atoms with Crippen molar-refractivity contribution in [3.63, 3.8) is 0 Å². The third-order valence-electron chi connectivity index (χ3n) is 1.42. The summed E-state index contributed by atoms with van der Waals surface area (Å²) in [7, 11) is 1.72. The minimum atomic E-state index is 0.827. The van der Waals surface area contributed by atoms with Crippen molar-refractivity contribution in [2.24, 2.45) is 9.98 Å². The van der Waals surface area contributed by atoms with Gasteiger partial charge in [-0.1, -0.05) is 31.4 Å². The zero-order valence-electron chi connectivity index (χ0n) is 8.77. The predicted octanol–water partition coefficient (Wildman–Crippen LogP) is 2.96. The smallest absolute Gasteiger partial charge is 0.0713 e. The summed E-state index contributed by atoms with van der Waals surface area (Å²) >= 11 is 0. The standard InChI is InChI=1S/C12H16N2/c1-5-8-11(10-13-4)12(9-6-2)14-7-3/h5-10H,1,3H2,2,4H3/b9-6-,11-8-,13-10-,14-12+. The number of nitrogens with zero attached hydrogens (tertiary/aromatic N) is 2. The molecular formula is C12H16N2. The number of rotatable bonds is 5. The van der Waals surface area contributed by atoms with Gasteiger partial charge in [-0.2, -0.15) is 0 Å². The lowest BCUT2D eigenvalue weighted by Gasteiger charge is -1.99. The summed E-state index contributed by atoms with van der Waals surface area (Å²) in [6.45, 7) is 9.15. The van der Waals surface area contributed by atoms with Crippen LogP contribution in [-0.2, 0) is 0 Å². The van der Waals surface area contributed by atoms with Gasteiger partial charge in [0.1, 0.15) is 0 Å². The molecule has 0 aromatic heterocycles. The molecule has 0 fully saturated rings. The second kappa shape index (κ2) is 7.92. The van der Waals surface area contributed by atoms with Gasteiger partial charge in [-0.3, -0.25) is 9.98 Å². The van der Waals surface area contributed by atoms with E-state index in [1.54, 1.807) is 19.3 Å². The van der Waals surface area contributed by atoms with E-state index in [2.05, 4.69) is 23.1 Å². The Labute approximate surface area is 85.8 Å². The minimum absolute atomic E-state index is 0.827. The molecule has 0 atom stereocenters. The Morgan fingerprint density at radius 2 is 2.00 bits per heavy atom. The Balaban J connectivity index is 5.12. The zero-order chi connectivity index (χ0) is 10.8. The maximum atomic E-state index is 4.14. The topological polar surface area (TPSA) is 24.7 Å². The molecule has 0 saturated heterocycles. The van der Waals surface area contributed by atoms with Crippen molar-refractivity contribution < 1.29 is 0 Å². The van der Waals surface area contributed by atoms with Crippen molar-refractivity contribution in [3.8, 4) is 0 Å². The highest BCUT2D eigenvalue weighted by atomic mass is 14.7. The normalized spacial score (nSPS) is 13.9. The van der Waals surface area contributed by atoms with Gasteiger partial charge in [0.25, 0.3) is 0 Å². The Morgan fingerprint density at radius 3 is 2.43 bits per heavy atom. The molecule has 0 radical (unpaired) electrons. The molecule has 0 bridgehead atoms. The Kier molecular flexibility index (Phi) is 6.96. The minimum Gasteiger partial charge on any atom is -0.296 e. The summed E-state index contributed by atoms with van der Waals surface area (Å²) < 4.78 is 0. The Bertz CT molecular complexity index is 272. The van der Waals surface area contributed by atoms with E-state index in [1.807, 2.05) is 25.2 Å². The summed E-state index contributed by atoms with van der Waals surface area (Å²) in [5, 5.41) is 0. The molecule has 0 amide bonds. The van der Waals surface area contributed by atoms with Crippen molar-refractivity contribution >= 4 is 11.9 Å². The lowest BCUT2D eigenvalue weighted by atomic mass is 10.1. The fraction of sp³-hybridized carbons (Fsp3) is 0.167. The van der Waals surface area contributed by atoms with Crippen molar-refractivity contribution in [3.05, 3.63) is 49.2 Å². The SMILES string of the molecule is C=C/C=C(/C=N\C)C(\C=C/C)=N\C=C. The van der Waals surface area contributed by atoms with Crippen LogP contribution < -0.4 is 0 Å². The number of allylic oxidation sites excluding steroid dienone is 5. The van der Waals surface area contributed by atoms with Crippen molar-refractivity contribution in [1.29, 1.82) is 0 Å². The zero-order valence-corrected chi connectivity index (χ0v) is 8.77. The van der Waals surface area contributed by atoms with E-state index in [0.29, 0.717) is 0 Å². The van der Waals surface area contributed by atoms with Crippen LogP contribution in [0, 0.1) is 0 Å². The lowest BCUT2D eigenvalue weighted by molar-refractivity contribution is 1.46. The van der Waals surface area contributed by atoms with Crippen LogP contribution in [-0.4, -0.2) is 19.0 Å². The first kappa shape index (κ1) is 12.3. The largest absolute Gasteiger partial charge is 0.296 e. The van der Waals surface area contributed by atoms with Crippen LogP contribution >= 0.6 is 0 Å². The van der Waals surface area contributed by atoms with Crippen LogP contribution in [0.5, 0.6) is 0 Å². The molecule has 0 spiro atoms. The van der Waals surface area contributed by atoms with Gasteiger partial charge in [-0.05, 0) is 13.0 Å². The molecule has 74 valence electrons. The Morgan fingerprint density at radius 1 is 1.29 bits per heavy atom. The molecule has 0 heterocycles. The monoisotopic (exact) mass is 188 g/mol. The fourth-order valence-corrected chi connectivity index (χ4v) is 0.931. The van der Waals surface area contributed by atoms with E-state index in [0.717, 1.165) is 11.3 Å². The van der Waals surface area contributed by atoms with E-state index in [1.165, 1.54) is 6.20 Å². The van der Waals surface area contributed by atoms with Gasteiger partial charge in [0.2, 0.25) is 0 Å².